The standard InChI is InChI=1S/C21H19ClF6N2O2S/c1-33(32)18-9-12(3-4-16(18)23)29-19(31)13-10-15(22)14(21(26,27)28)11-17(13)30-7-2-5-20(24,25)6-8-30/h3-4,9-11H,2,5-8H2,1H3,(H,29,31)/t33-/m0/s1. The van der Waals surface area contributed by atoms with Gasteiger partial charge in [-0.2, -0.15) is 13.2 Å². The minimum absolute atomic E-state index is 0.0155. The minimum Gasteiger partial charge on any atom is -0.371 e. The van der Waals surface area contributed by atoms with E-state index >= 15 is 0 Å². The quantitative estimate of drug-likeness (QED) is 0.503. The Morgan fingerprint density at radius 2 is 1.85 bits per heavy atom. The third-order valence-electron chi connectivity index (χ3n) is 5.19. The highest BCUT2D eigenvalue weighted by atomic mass is 35.5. The summed E-state index contributed by atoms with van der Waals surface area (Å²) < 4.78 is 93.4. The van der Waals surface area contributed by atoms with Gasteiger partial charge in [0.2, 0.25) is 5.92 Å². The number of alkyl halides is 5. The molecule has 180 valence electrons. The summed E-state index contributed by atoms with van der Waals surface area (Å²) in [4.78, 5) is 14.1. The highest BCUT2D eigenvalue weighted by Gasteiger charge is 2.37. The Labute approximate surface area is 193 Å². The third-order valence-corrected chi connectivity index (χ3v) is 6.44. The molecule has 0 aliphatic carbocycles. The molecule has 1 N–H and O–H groups in total. The molecule has 3 rings (SSSR count). The SMILES string of the molecule is C[S@](=O)c1cc(NC(=O)c2cc(Cl)c(C(F)(F)F)cc2N2CCCC(F)(F)CC2)ccc1F. The summed E-state index contributed by atoms with van der Waals surface area (Å²) >= 11 is 5.81. The number of carbonyl (C=O) groups excluding carboxylic acids is 1. The molecule has 0 spiro atoms. The topological polar surface area (TPSA) is 49.4 Å². The van der Waals surface area contributed by atoms with E-state index in [1.165, 1.54) is 17.2 Å². The molecule has 1 amide bonds. The predicted molar refractivity (Wildman–Crippen MR) is 114 cm³/mol. The number of amides is 1. The Bertz CT molecular complexity index is 1090. The summed E-state index contributed by atoms with van der Waals surface area (Å²) in [6, 6.07) is 4.84. The fourth-order valence-electron chi connectivity index (χ4n) is 3.53. The number of halogens is 7. The second-order valence-corrected chi connectivity index (χ2v) is 9.35. The monoisotopic (exact) mass is 512 g/mol. The van der Waals surface area contributed by atoms with E-state index in [4.69, 9.17) is 11.6 Å². The maximum absolute atomic E-state index is 13.8. The van der Waals surface area contributed by atoms with Gasteiger partial charge in [0.15, 0.2) is 0 Å². The predicted octanol–water partition coefficient (Wildman–Crippen LogP) is 6.11. The van der Waals surface area contributed by atoms with Crippen LogP contribution in [0.15, 0.2) is 35.2 Å². The van der Waals surface area contributed by atoms with Gasteiger partial charge in [0, 0.05) is 37.9 Å². The summed E-state index contributed by atoms with van der Waals surface area (Å²) in [6.07, 6.45) is -4.57. The summed E-state index contributed by atoms with van der Waals surface area (Å²) in [6.45, 7) is -0.244. The number of benzene rings is 2. The highest BCUT2D eigenvalue weighted by molar-refractivity contribution is 7.84. The van der Waals surface area contributed by atoms with Crippen molar-refractivity contribution < 1.29 is 35.3 Å². The average molecular weight is 513 g/mol. The first kappa shape index (κ1) is 25.4. The number of rotatable bonds is 4. The van der Waals surface area contributed by atoms with Gasteiger partial charge in [-0.3, -0.25) is 9.00 Å². The molecule has 0 saturated carbocycles. The van der Waals surface area contributed by atoms with Gasteiger partial charge in [-0.05, 0) is 36.8 Å². The van der Waals surface area contributed by atoms with Crippen LogP contribution in [0.25, 0.3) is 0 Å². The molecule has 33 heavy (non-hydrogen) atoms. The molecule has 1 saturated heterocycles. The lowest BCUT2D eigenvalue weighted by Gasteiger charge is -2.27. The first-order valence-electron chi connectivity index (χ1n) is 9.76. The molecule has 1 heterocycles. The maximum atomic E-state index is 13.8. The van der Waals surface area contributed by atoms with Crippen LogP contribution in [0.3, 0.4) is 0 Å². The smallest absolute Gasteiger partial charge is 0.371 e. The van der Waals surface area contributed by atoms with Crippen LogP contribution in [0.2, 0.25) is 5.02 Å². The summed E-state index contributed by atoms with van der Waals surface area (Å²) in [7, 11) is -1.70. The van der Waals surface area contributed by atoms with Crippen molar-refractivity contribution in [1.29, 1.82) is 0 Å². The Morgan fingerprint density at radius 3 is 2.48 bits per heavy atom. The number of hydrogen-bond donors (Lipinski definition) is 1. The molecule has 1 fully saturated rings. The second-order valence-electron chi connectivity index (χ2n) is 7.60. The van der Waals surface area contributed by atoms with Gasteiger partial charge in [-0.15, -0.1) is 0 Å². The largest absolute Gasteiger partial charge is 0.417 e. The summed E-state index contributed by atoms with van der Waals surface area (Å²) in [5.74, 6) is -4.59. The van der Waals surface area contributed by atoms with Crippen molar-refractivity contribution in [3.8, 4) is 0 Å². The lowest BCUT2D eigenvalue weighted by atomic mass is 10.1. The van der Waals surface area contributed by atoms with Gasteiger partial charge < -0.3 is 10.2 Å². The first-order valence-corrected chi connectivity index (χ1v) is 11.7. The zero-order chi connectivity index (χ0) is 24.6. The molecule has 0 unspecified atom stereocenters. The normalized spacial score (nSPS) is 17.4. The van der Waals surface area contributed by atoms with Gasteiger partial charge in [0.05, 0.1) is 37.5 Å². The Morgan fingerprint density at radius 1 is 1.15 bits per heavy atom. The van der Waals surface area contributed by atoms with Gasteiger partial charge in [-0.25, -0.2) is 13.2 Å². The average Bonchev–Trinajstić information content (AvgIpc) is 2.88. The van der Waals surface area contributed by atoms with Crippen LogP contribution in [0.4, 0.5) is 37.7 Å². The fraction of sp³-hybridized carbons (Fsp3) is 0.381. The molecule has 4 nitrogen and oxygen atoms in total. The summed E-state index contributed by atoms with van der Waals surface area (Å²) in [5.41, 5.74) is -1.60. The lowest BCUT2D eigenvalue weighted by molar-refractivity contribution is -0.137. The zero-order valence-electron chi connectivity index (χ0n) is 17.2. The molecule has 2 aromatic rings. The molecule has 12 heteroatoms. The van der Waals surface area contributed by atoms with Crippen molar-refractivity contribution in [2.45, 2.75) is 36.3 Å². The minimum atomic E-state index is -4.83. The molecule has 0 bridgehead atoms. The molecule has 1 aliphatic rings. The van der Waals surface area contributed by atoms with Crippen LogP contribution in [-0.2, 0) is 17.0 Å². The van der Waals surface area contributed by atoms with Crippen LogP contribution in [-0.4, -0.2) is 35.4 Å². The Balaban J connectivity index is 2.03. The van der Waals surface area contributed by atoms with Crippen molar-refractivity contribution in [2.75, 3.05) is 29.6 Å². The van der Waals surface area contributed by atoms with Crippen molar-refractivity contribution in [1.82, 2.24) is 0 Å². The van der Waals surface area contributed by atoms with E-state index in [1.54, 1.807) is 0 Å². The Kier molecular flexibility index (Phi) is 7.33. The number of hydrogen-bond acceptors (Lipinski definition) is 3. The number of carbonyl (C=O) groups is 1. The van der Waals surface area contributed by atoms with Crippen molar-refractivity contribution in [3.05, 3.63) is 52.3 Å². The van der Waals surface area contributed by atoms with Crippen LogP contribution in [0, 0.1) is 5.82 Å². The molecule has 0 radical (unpaired) electrons. The molecule has 0 aromatic heterocycles. The molecule has 1 atom stereocenters. The molecular weight excluding hydrogens is 494 g/mol. The number of nitrogens with zero attached hydrogens (tertiary/aromatic N) is 1. The number of nitrogens with one attached hydrogen (secondary N) is 1. The molecule has 1 aliphatic heterocycles. The first-order chi connectivity index (χ1) is 15.3. The van der Waals surface area contributed by atoms with Crippen LogP contribution < -0.4 is 10.2 Å². The van der Waals surface area contributed by atoms with Crippen molar-refractivity contribution in [3.63, 3.8) is 0 Å². The van der Waals surface area contributed by atoms with Gasteiger partial charge in [0.25, 0.3) is 5.91 Å². The van der Waals surface area contributed by atoms with Crippen molar-refractivity contribution in [2.24, 2.45) is 0 Å². The van der Waals surface area contributed by atoms with Gasteiger partial charge in [0.1, 0.15) is 5.82 Å². The van der Waals surface area contributed by atoms with E-state index in [9.17, 15) is 35.3 Å². The van der Waals surface area contributed by atoms with Crippen LogP contribution in [0.1, 0.15) is 35.2 Å². The van der Waals surface area contributed by atoms with E-state index < -0.39 is 58.1 Å². The second kappa shape index (κ2) is 9.54. The van der Waals surface area contributed by atoms with Gasteiger partial charge >= 0.3 is 6.18 Å². The third kappa shape index (κ3) is 6.00. The van der Waals surface area contributed by atoms with Crippen molar-refractivity contribution >= 4 is 39.7 Å². The van der Waals surface area contributed by atoms with E-state index in [0.717, 1.165) is 18.2 Å². The van der Waals surface area contributed by atoms with Crippen LogP contribution >= 0.6 is 11.6 Å². The molecular formula is C21H19ClF6N2O2S. The van der Waals surface area contributed by atoms with Gasteiger partial charge in [-0.1, -0.05) is 11.6 Å². The van der Waals surface area contributed by atoms with E-state index in [0.29, 0.717) is 6.07 Å². The molecule has 2 aromatic carbocycles. The highest BCUT2D eigenvalue weighted by Crippen LogP contribution is 2.40. The lowest BCUT2D eigenvalue weighted by Crippen LogP contribution is -2.29. The fourth-order valence-corrected chi connectivity index (χ4v) is 4.43. The zero-order valence-corrected chi connectivity index (χ0v) is 18.8. The van der Waals surface area contributed by atoms with E-state index in [1.807, 2.05) is 0 Å². The van der Waals surface area contributed by atoms with E-state index in [-0.39, 0.29) is 41.3 Å². The number of anilines is 2. The van der Waals surface area contributed by atoms with E-state index in [2.05, 4.69) is 5.32 Å². The Hall–Kier alpha value is -2.27. The maximum Gasteiger partial charge on any atom is 0.417 e. The van der Waals surface area contributed by atoms with Crippen LogP contribution in [0.5, 0.6) is 0 Å². The summed E-state index contributed by atoms with van der Waals surface area (Å²) in [5, 5.41) is 1.69.